The predicted molar refractivity (Wildman–Crippen MR) is 98.0 cm³/mol. The second-order valence-corrected chi connectivity index (χ2v) is 8.61. The Morgan fingerprint density at radius 3 is 2.35 bits per heavy atom. The highest BCUT2D eigenvalue weighted by atomic mass is 16.2. The Morgan fingerprint density at radius 2 is 1.73 bits per heavy atom. The molecule has 1 aromatic carbocycles. The van der Waals surface area contributed by atoms with Crippen LogP contribution in [0.15, 0.2) is 24.3 Å². The summed E-state index contributed by atoms with van der Waals surface area (Å²) in [6.07, 6.45) is 8.24. The van der Waals surface area contributed by atoms with Gasteiger partial charge in [0.1, 0.15) is 0 Å². The number of anilines is 1. The minimum Gasteiger partial charge on any atom is -0.347 e. The molecular formula is C21H25N3O2. The molecule has 0 aliphatic heterocycles. The van der Waals surface area contributed by atoms with Crippen molar-refractivity contribution in [1.82, 2.24) is 5.32 Å². The van der Waals surface area contributed by atoms with Crippen LogP contribution in [0.4, 0.5) is 5.69 Å². The smallest absolute Gasteiger partial charge is 0.243 e. The first-order chi connectivity index (χ1) is 12.5. The van der Waals surface area contributed by atoms with Gasteiger partial charge in [0, 0.05) is 12.1 Å². The SMILES string of the molecule is N#Cc1cccc(NC(=O)CNC(=O)CC23CC4CC(CC(C4)C2)C3)c1. The van der Waals surface area contributed by atoms with E-state index >= 15 is 0 Å². The summed E-state index contributed by atoms with van der Waals surface area (Å²) in [7, 11) is 0. The van der Waals surface area contributed by atoms with E-state index in [4.69, 9.17) is 5.26 Å². The third-order valence-corrected chi connectivity index (χ3v) is 6.42. The molecule has 4 bridgehead atoms. The van der Waals surface area contributed by atoms with E-state index in [-0.39, 0.29) is 23.8 Å². The van der Waals surface area contributed by atoms with E-state index in [1.807, 2.05) is 6.07 Å². The van der Waals surface area contributed by atoms with Crippen LogP contribution in [0.5, 0.6) is 0 Å². The minimum absolute atomic E-state index is 0.00660. The molecule has 2 amide bonds. The van der Waals surface area contributed by atoms with E-state index in [1.54, 1.807) is 24.3 Å². The van der Waals surface area contributed by atoms with Gasteiger partial charge in [0.15, 0.2) is 0 Å². The molecule has 0 radical (unpaired) electrons. The fourth-order valence-corrected chi connectivity index (χ4v) is 5.96. The summed E-state index contributed by atoms with van der Waals surface area (Å²) in [6.45, 7) is -0.0258. The molecule has 4 fully saturated rings. The maximum Gasteiger partial charge on any atom is 0.243 e. The molecule has 0 unspecified atom stereocenters. The Morgan fingerprint density at radius 1 is 1.08 bits per heavy atom. The average molecular weight is 351 g/mol. The van der Waals surface area contributed by atoms with Gasteiger partial charge >= 0.3 is 0 Å². The first-order valence-corrected chi connectivity index (χ1v) is 9.60. The normalized spacial score (nSPS) is 31.3. The molecule has 4 aliphatic rings. The highest BCUT2D eigenvalue weighted by molar-refractivity contribution is 5.94. The maximum absolute atomic E-state index is 12.5. The van der Waals surface area contributed by atoms with E-state index in [2.05, 4.69) is 10.6 Å². The number of hydrogen-bond acceptors (Lipinski definition) is 3. The number of rotatable bonds is 5. The first kappa shape index (κ1) is 17.1. The van der Waals surface area contributed by atoms with Crippen LogP contribution < -0.4 is 10.6 Å². The number of nitriles is 1. The van der Waals surface area contributed by atoms with E-state index < -0.39 is 0 Å². The van der Waals surface area contributed by atoms with Crippen LogP contribution in [0.3, 0.4) is 0 Å². The van der Waals surface area contributed by atoms with Crippen LogP contribution in [0.25, 0.3) is 0 Å². The molecule has 5 rings (SSSR count). The highest BCUT2D eigenvalue weighted by Crippen LogP contribution is 2.61. The van der Waals surface area contributed by atoms with Crippen molar-refractivity contribution in [1.29, 1.82) is 5.26 Å². The standard InChI is InChI=1S/C21H25N3O2/c22-12-14-2-1-3-18(7-14)24-20(26)13-23-19(25)11-21-8-15-4-16(9-21)6-17(5-15)10-21/h1-3,7,15-17H,4-6,8-11,13H2,(H,23,25)(H,24,26). The van der Waals surface area contributed by atoms with E-state index in [9.17, 15) is 9.59 Å². The molecule has 5 heteroatoms. The number of carbonyl (C=O) groups is 2. The molecule has 4 saturated carbocycles. The van der Waals surface area contributed by atoms with Crippen LogP contribution in [-0.2, 0) is 9.59 Å². The third-order valence-electron chi connectivity index (χ3n) is 6.42. The molecule has 26 heavy (non-hydrogen) atoms. The van der Waals surface area contributed by atoms with Gasteiger partial charge in [0.2, 0.25) is 11.8 Å². The lowest BCUT2D eigenvalue weighted by Crippen LogP contribution is -2.48. The zero-order chi connectivity index (χ0) is 18.1. The summed E-state index contributed by atoms with van der Waals surface area (Å²) in [5, 5.41) is 14.4. The zero-order valence-electron chi connectivity index (χ0n) is 15.0. The fourth-order valence-electron chi connectivity index (χ4n) is 5.96. The zero-order valence-corrected chi connectivity index (χ0v) is 15.0. The summed E-state index contributed by atoms with van der Waals surface area (Å²) in [4.78, 5) is 24.5. The molecule has 0 heterocycles. The lowest BCUT2D eigenvalue weighted by molar-refractivity contribution is -0.131. The summed E-state index contributed by atoms with van der Waals surface area (Å²) < 4.78 is 0. The van der Waals surface area contributed by atoms with Gasteiger partial charge in [-0.2, -0.15) is 5.26 Å². The van der Waals surface area contributed by atoms with Gasteiger partial charge in [-0.3, -0.25) is 9.59 Å². The number of nitrogens with zero attached hydrogens (tertiary/aromatic N) is 1. The lowest BCUT2D eigenvalue weighted by Gasteiger charge is -2.56. The Balaban J connectivity index is 1.27. The largest absolute Gasteiger partial charge is 0.347 e. The van der Waals surface area contributed by atoms with Crippen molar-refractivity contribution < 1.29 is 9.59 Å². The molecule has 5 nitrogen and oxygen atoms in total. The Kier molecular flexibility index (Phi) is 4.44. The second-order valence-electron chi connectivity index (χ2n) is 8.61. The van der Waals surface area contributed by atoms with Crippen molar-refractivity contribution >= 4 is 17.5 Å². The van der Waals surface area contributed by atoms with Crippen molar-refractivity contribution in [2.45, 2.75) is 44.9 Å². The summed E-state index contributed by atoms with van der Waals surface area (Å²) in [5.41, 5.74) is 1.26. The Labute approximate surface area is 154 Å². The van der Waals surface area contributed by atoms with Gasteiger partial charge in [-0.15, -0.1) is 0 Å². The molecule has 0 atom stereocenters. The van der Waals surface area contributed by atoms with Gasteiger partial charge in [-0.05, 0) is 79.9 Å². The molecule has 1 aromatic rings. The van der Waals surface area contributed by atoms with Crippen LogP contribution >= 0.6 is 0 Å². The fraction of sp³-hybridized carbons (Fsp3) is 0.571. The monoisotopic (exact) mass is 351 g/mol. The molecular weight excluding hydrogens is 326 g/mol. The van der Waals surface area contributed by atoms with Crippen molar-refractivity contribution in [2.75, 3.05) is 11.9 Å². The van der Waals surface area contributed by atoms with Crippen LogP contribution in [0.1, 0.15) is 50.5 Å². The molecule has 2 N–H and O–H groups in total. The number of carbonyl (C=O) groups excluding carboxylic acids is 2. The molecule has 4 aliphatic carbocycles. The number of hydrogen-bond donors (Lipinski definition) is 2. The maximum atomic E-state index is 12.5. The van der Waals surface area contributed by atoms with Crippen molar-refractivity contribution in [3.05, 3.63) is 29.8 Å². The van der Waals surface area contributed by atoms with Gasteiger partial charge in [-0.1, -0.05) is 6.07 Å². The summed E-state index contributed by atoms with van der Waals surface area (Å²) in [6, 6.07) is 8.80. The van der Waals surface area contributed by atoms with Crippen molar-refractivity contribution in [3.63, 3.8) is 0 Å². The number of amides is 2. The quantitative estimate of drug-likeness (QED) is 0.854. The second kappa shape index (κ2) is 6.75. The van der Waals surface area contributed by atoms with E-state index in [0.717, 1.165) is 17.8 Å². The van der Waals surface area contributed by atoms with Crippen molar-refractivity contribution in [3.8, 4) is 6.07 Å². The van der Waals surface area contributed by atoms with Crippen LogP contribution in [0, 0.1) is 34.5 Å². The summed E-state index contributed by atoms with van der Waals surface area (Å²) >= 11 is 0. The minimum atomic E-state index is -0.265. The highest BCUT2D eigenvalue weighted by Gasteiger charge is 2.51. The first-order valence-electron chi connectivity index (χ1n) is 9.60. The van der Waals surface area contributed by atoms with Gasteiger partial charge < -0.3 is 10.6 Å². The topological polar surface area (TPSA) is 82.0 Å². The molecule has 136 valence electrons. The Hall–Kier alpha value is -2.35. The summed E-state index contributed by atoms with van der Waals surface area (Å²) in [5.74, 6) is 2.20. The predicted octanol–water partition coefficient (Wildman–Crippen LogP) is 3.22. The number of nitrogens with one attached hydrogen (secondary N) is 2. The van der Waals surface area contributed by atoms with E-state index in [0.29, 0.717) is 17.7 Å². The lowest BCUT2D eigenvalue weighted by atomic mass is 9.49. The van der Waals surface area contributed by atoms with E-state index in [1.165, 1.54) is 38.5 Å². The van der Waals surface area contributed by atoms with Crippen LogP contribution in [0.2, 0.25) is 0 Å². The average Bonchev–Trinajstić information content (AvgIpc) is 2.58. The van der Waals surface area contributed by atoms with Gasteiger partial charge in [0.25, 0.3) is 0 Å². The molecule has 0 spiro atoms. The van der Waals surface area contributed by atoms with Gasteiger partial charge in [0.05, 0.1) is 18.2 Å². The molecule has 0 saturated heterocycles. The van der Waals surface area contributed by atoms with Gasteiger partial charge in [-0.25, -0.2) is 0 Å². The third kappa shape index (κ3) is 3.60. The molecule has 0 aromatic heterocycles. The number of benzene rings is 1. The van der Waals surface area contributed by atoms with Crippen LogP contribution in [-0.4, -0.2) is 18.4 Å². The van der Waals surface area contributed by atoms with Crippen molar-refractivity contribution in [2.24, 2.45) is 23.2 Å². The Bertz CT molecular complexity index is 729.